The number of aromatic hydroxyl groups is 7. The van der Waals surface area contributed by atoms with Crippen molar-refractivity contribution in [2.75, 3.05) is 0 Å². The van der Waals surface area contributed by atoms with Gasteiger partial charge in [0.1, 0.15) is 40.2 Å². The molecule has 17 N–H and O–H groups in total. The smallest absolute Gasteiger partial charge is 0.154 e. The summed E-state index contributed by atoms with van der Waals surface area (Å²) in [4.78, 5) is 48.1. The summed E-state index contributed by atoms with van der Waals surface area (Å²) in [5.74, 6) is 0.390. The van der Waals surface area contributed by atoms with Crippen LogP contribution in [0.25, 0.3) is 0 Å². The zero-order valence-electron chi connectivity index (χ0n) is 46.8. The highest BCUT2D eigenvalue weighted by Gasteiger charge is 2.13. The number of carbonyl (C=O) groups is 2. The van der Waals surface area contributed by atoms with Crippen LogP contribution in [0.15, 0.2) is 43.4 Å². The van der Waals surface area contributed by atoms with Gasteiger partial charge in [-0.15, -0.1) is 0 Å². The Balaban J connectivity index is 0.000000467. The number of aliphatic hydroxyl groups excluding tert-OH is 6. The van der Waals surface area contributed by atoms with E-state index in [1.165, 1.54) is 18.6 Å². The van der Waals surface area contributed by atoms with Gasteiger partial charge in [0.05, 0.1) is 90.6 Å². The van der Waals surface area contributed by atoms with Gasteiger partial charge in [0, 0.05) is 101 Å². The summed E-state index contributed by atoms with van der Waals surface area (Å²) in [6, 6.07) is 0. The molecule has 7 aromatic heterocycles. The van der Waals surface area contributed by atoms with Crippen molar-refractivity contribution < 1.29 is 76.0 Å². The first-order valence-corrected chi connectivity index (χ1v) is 24.3. The van der Waals surface area contributed by atoms with Crippen LogP contribution in [0.3, 0.4) is 0 Å². The summed E-state index contributed by atoms with van der Waals surface area (Å²) < 4.78 is 0. The second kappa shape index (κ2) is 34.5. The maximum atomic E-state index is 10.5. The zero-order valence-corrected chi connectivity index (χ0v) is 46.8. The molecule has 0 fully saturated rings. The molecule has 0 atom stereocenters. The van der Waals surface area contributed by atoms with Crippen molar-refractivity contribution in [1.29, 1.82) is 0 Å². The fourth-order valence-corrected chi connectivity index (χ4v) is 6.66. The van der Waals surface area contributed by atoms with Crippen molar-refractivity contribution >= 4 is 12.6 Å². The minimum Gasteiger partial charge on any atom is -0.506 e. The number of pyridine rings is 7. The van der Waals surface area contributed by atoms with E-state index in [1.54, 1.807) is 94.0 Å². The van der Waals surface area contributed by atoms with E-state index in [2.05, 4.69) is 34.9 Å². The van der Waals surface area contributed by atoms with Crippen molar-refractivity contribution in [2.24, 2.45) is 11.5 Å². The average molecular weight is 1110 g/mol. The first-order valence-electron chi connectivity index (χ1n) is 24.3. The van der Waals surface area contributed by atoms with Gasteiger partial charge < -0.3 is 77.9 Å². The van der Waals surface area contributed by atoms with Crippen molar-refractivity contribution in [1.82, 2.24) is 34.9 Å². The highest BCUT2D eigenvalue weighted by Crippen LogP contribution is 2.27. The van der Waals surface area contributed by atoms with Gasteiger partial charge in [-0.25, -0.2) is 0 Å². The van der Waals surface area contributed by atoms with E-state index in [-0.39, 0.29) is 92.0 Å². The van der Waals surface area contributed by atoms with Crippen molar-refractivity contribution in [3.05, 3.63) is 161 Å². The molecule has 0 radical (unpaired) electrons. The van der Waals surface area contributed by atoms with Crippen molar-refractivity contribution in [3.63, 3.8) is 0 Å². The van der Waals surface area contributed by atoms with Crippen LogP contribution in [0.2, 0.25) is 0 Å². The number of aliphatic hydroxyl groups is 6. The lowest BCUT2D eigenvalue weighted by Gasteiger charge is -2.08. The fourth-order valence-electron chi connectivity index (χ4n) is 6.66. The fraction of sp³-hybridized carbons (Fsp3) is 0.339. The Morgan fingerprint density at radius 2 is 0.613 bits per heavy atom. The largest absolute Gasteiger partial charge is 0.506 e. The molecule has 0 aliphatic carbocycles. The molecule has 7 aromatic rings. The lowest BCUT2D eigenvalue weighted by Crippen LogP contribution is -2.04. The van der Waals surface area contributed by atoms with E-state index in [0.29, 0.717) is 115 Å². The molecule has 0 amide bonds. The molecule has 0 aliphatic rings. The molecule has 0 unspecified atom stereocenters. The van der Waals surface area contributed by atoms with Crippen LogP contribution in [0, 0.1) is 76.2 Å². The van der Waals surface area contributed by atoms with E-state index in [0.717, 1.165) is 16.7 Å². The molecule has 7 rings (SSSR count). The molecule has 0 bridgehead atoms. The van der Waals surface area contributed by atoms with Crippen molar-refractivity contribution in [3.8, 4) is 40.2 Å². The maximum absolute atomic E-state index is 10.5. The minimum absolute atomic E-state index is 0.0139. The third kappa shape index (κ3) is 19.2. The summed E-state index contributed by atoms with van der Waals surface area (Å²) in [7, 11) is 0. The number of aldehydes is 2. The molecule has 80 heavy (non-hydrogen) atoms. The second-order valence-corrected chi connectivity index (χ2v) is 17.5. The quantitative estimate of drug-likeness (QED) is 0.0844. The van der Waals surface area contributed by atoms with E-state index < -0.39 is 0 Å². The van der Waals surface area contributed by atoms with Gasteiger partial charge in [-0.05, 0) is 98.4 Å². The number of hydrogen-bond donors (Lipinski definition) is 15. The van der Waals surface area contributed by atoms with E-state index in [4.69, 9.17) is 42.1 Å². The Morgan fingerprint density at radius 3 is 0.963 bits per heavy atom. The van der Waals surface area contributed by atoms with E-state index in [9.17, 15) is 45.3 Å². The Hall–Kier alpha value is -8.33. The predicted octanol–water partition coefficient (Wildman–Crippen LogP) is 4.40. The van der Waals surface area contributed by atoms with Gasteiger partial charge in [0.25, 0.3) is 0 Å². The molecule has 0 saturated carbocycles. The van der Waals surface area contributed by atoms with Gasteiger partial charge >= 0.3 is 0 Å². The lowest BCUT2D eigenvalue weighted by atomic mass is 10.1. The number of nitrogens with zero attached hydrogens (tertiary/aromatic N) is 7. The number of nitrogens with two attached hydrogens (primary N) is 2. The molecular formula is C56H75N9O15. The molecule has 24 nitrogen and oxygen atoms in total. The van der Waals surface area contributed by atoms with Crippen LogP contribution < -0.4 is 11.5 Å². The normalized spacial score (nSPS) is 10.0. The average Bonchev–Trinajstić information content (AvgIpc) is 3.45. The summed E-state index contributed by atoms with van der Waals surface area (Å²) in [5, 5.41) is 118. The predicted molar refractivity (Wildman–Crippen MR) is 296 cm³/mol. The van der Waals surface area contributed by atoms with Gasteiger partial charge in [-0.2, -0.15) is 0 Å². The Bertz CT molecular complexity index is 3040. The molecule has 7 heterocycles. The molecule has 0 aromatic carbocycles. The summed E-state index contributed by atoms with van der Waals surface area (Å²) >= 11 is 0. The van der Waals surface area contributed by atoms with Gasteiger partial charge in [-0.3, -0.25) is 44.5 Å². The first kappa shape index (κ1) is 69.7. The molecule has 24 heteroatoms. The number of hydrogen-bond acceptors (Lipinski definition) is 24. The Kier molecular flexibility index (Phi) is 30.1. The van der Waals surface area contributed by atoms with Crippen LogP contribution in [0.5, 0.6) is 40.2 Å². The summed E-state index contributed by atoms with van der Waals surface area (Å²) in [6.07, 6.45) is 12.0. The zero-order chi connectivity index (χ0) is 61.1. The molecule has 434 valence electrons. The summed E-state index contributed by atoms with van der Waals surface area (Å²) in [6.45, 7) is 18.3. The number of aromatic nitrogens is 7. The second-order valence-electron chi connectivity index (χ2n) is 17.5. The van der Waals surface area contributed by atoms with E-state index in [1.807, 2.05) is 6.92 Å². The van der Waals surface area contributed by atoms with Crippen molar-refractivity contribution in [2.45, 2.75) is 129 Å². The topological polar surface area (TPSA) is 439 Å². The van der Waals surface area contributed by atoms with Gasteiger partial charge in [0.2, 0.25) is 0 Å². The highest BCUT2D eigenvalue weighted by molar-refractivity contribution is 5.82. The summed E-state index contributed by atoms with van der Waals surface area (Å²) in [5.41, 5.74) is 22.4. The SMILES string of the molecule is Cc1cnc(C)c(O)c1C=O.Cc1cnc(C)c(O)c1CN.Cc1cnc(C)c(O)c1CO.Cc1ncc(CO)c(C)c1O.Cc1ncc(CO)c(C=O)c1O.Cc1ncc(CO)c(CN)c1O.Cc1ncc(CO)c(CO)c1O. The highest BCUT2D eigenvalue weighted by atomic mass is 16.3. The van der Waals surface area contributed by atoms with E-state index >= 15 is 0 Å². The molecular weight excluding hydrogens is 1040 g/mol. The number of aryl methyl sites for hydroxylation is 10. The number of rotatable bonds is 10. The Morgan fingerprint density at radius 1 is 0.325 bits per heavy atom. The minimum atomic E-state index is -0.297. The third-order valence-electron chi connectivity index (χ3n) is 12.0. The molecule has 0 aliphatic heterocycles. The van der Waals surface area contributed by atoms with Crippen LogP contribution in [-0.2, 0) is 52.7 Å². The van der Waals surface area contributed by atoms with Gasteiger partial charge in [-0.1, -0.05) is 0 Å². The Labute approximate surface area is 463 Å². The number of carbonyl (C=O) groups excluding carboxylic acids is 2. The molecule has 0 saturated heterocycles. The van der Waals surface area contributed by atoms with Crippen LogP contribution >= 0.6 is 0 Å². The standard InChI is InChI=1S/C8H12N2O2.C8H12N2O.C8H11NO3.C8H9NO3.2C8H11NO2.C8H9NO2/c1-5-8(12)7(2-9)6(4-11)3-10-5;1-5-4-10-6(2)8(11)7(5)3-9;2*1-5-8(12)7(4-11)6(3-10)2-9-5;1-5-7(4-10)3-9-6(2)8(5)11;2*1-5-3-9-6(2)8(11)7(5)4-10/h3,11-12H,2,4,9H2,1H3;4,11H,3,9H2,1-2H3;2,10-12H,3-4H2,1H3;2,4,10,12H,3H2,1H3;2*3,10-11H,4H2,1-2H3;3-4,11H,1-2H3. The van der Waals surface area contributed by atoms with Crippen LogP contribution in [0.1, 0.15) is 127 Å². The first-order chi connectivity index (χ1) is 37.8. The van der Waals surface area contributed by atoms with Crippen LogP contribution in [-0.4, -0.2) is 114 Å². The monoisotopic (exact) mass is 1110 g/mol. The lowest BCUT2D eigenvalue weighted by molar-refractivity contribution is 0.111. The van der Waals surface area contributed by atoms with Gasteiger partial charge in [0.15, 0.2) is 12.6 Å². The maximum Gasteiger partial charge on any atom is 0.154 e. The third-order valence-corrected chi connectivity index (χ3v) is 12.0. The molecule has 0 spiro atoms. The van der Waals surface area contributed by atoms with Crippen LogP contribution in [0.4, 0.5) is 0 Å².